The zero-order valence-electron chi connectivity index (χ0n) is 16.3. The fourth-order valence-corrected chi connectivity index (χ4v) is 4.61. The standard InChI is InChI=1S/C24H21N3OS2/c28-22(15-21-17-30-24(27-21)14-18-7-2-1-3-8-18)26-20-10-6-9-19(13-20)16-29-23-11-4-5-12-25-23/h1-13,17H,14-16H2,(H,26,28). The summed E-state index contributed by atoms with van der Waals surface area (Å²) < 4.78 is 0. The predicted octanol–water partition coefficient (Wildman–Crippen LogP) is 5.60. The van der Waals surface area contributed by atoms with Gasteiger partial charge in [-0.1, -0.05) is 48.5 Å². The third kappa shape index (κ3) is 6.02. The lowest BCUT2D eigenvalue weighted by atomic mass is 10.2. The molecular weight excluding hydrogens is 410 g/mol. The highest BCUT2D eigenvalue weighted by Gasteiger charge is 2.09. The molecule has 30 heavy (non-hydrogen) atoms. The van der Waals surface area contributed by atoms with Gasteiger partial charge in [-0.05, 0) is 35.4 Å². The van der Waals surface area contributed by atoms with Crippen LogP contribution in [0.5, 0.6) is 0 Å². The van der Waals surface area contributed by atoms with Crippen LogP contribution in [0.25, 0.3) is 0 Å². The molecule has 2 aromatic heterocycles. The molecular formula is C24H21N3OS2. The number of anilines is 1. The summed E-state index contributed by atoms with van der Waals surface area (Å²) >= 11 is 3.27. The van der Waals surface area contributed by atoms with Crippen molar-refractivity contribution < 1.29 is 4.79 Å². The first kappa shape index (κ1) is 20.3. The smallest absolute Gasteiger partial charge is 0.230 e. The summed E-state index contributed by atoms with van der Waals surface area (Å²) in [4.78, 5) is 21.4. The average molecular weight is 432 g/mol. The van der Waals surface area contributed by atoms with Crippen LogP contribution in [0.2, 0.25) is 0 Å². The van der Waals surface area contributed by atoms with Crippen LogP contribution < -0.4 is 5.32 Å². The van der Waals surface area contributed by atoms with E-state index in [2.05, 4.69) is 33.5 Å². The molecule has 0 saturated carbocycles. The molecule has 1 N–H and O–H groups in total. The van der Waals surface area contributed by atoms with E-state index in [-0.39, 0.29) is 12.3 Å². The molecule has 4 rings (SSSR count). The Bertz CT molecular complexity index is 1100. The molecule has 0 aliphatic rings. The molecule has 4 aromatic rings. The van der Waals surface area contributed by atoms with Crippen LogP contribution >= 0.6 is 23.1 Å². The van der Waals surface area contributed by atoms with Crippen molar-refractivity contribution >= 4 is 34.7 Å². The fraction of sp³-hybridized carbons (Fsp3) is 0.125. The molecule has 0 saturated heterocycles. The summed E-state index contributed by atoms with van der Waals surface area (Å²) in [5.41, 5.74) is 3.98. The van der Waals surface area contributed by atoms with E-state index in [0.29, 0.717) is 0 Å². The molecule has 0 spiro atoms. The van der Waals surface area contributed by atoms with Gasteiger partial charge in [-0.2, -0.15) is 0 Å². The number of carbonyl (C=O) groups is 1. The minimum atomic E-state index is -0.0545. The van der Waals surface area contributed by atoms with Gasteiger partial charge in [-0.3, -0.25) is 4.79 Å². The number of carbonyl (C=O) groups excluding carboxylic acids is 1. The van der Waals surface area contributed by atoms with Crippen molar-refractivity contribution in [2.75, 3.05) is 5.32 Å². The number of nitrogens with one attached hydrogen (secondary N) is 1. The summed E-state index contributed by atoms with van der Waals surface area (Å²) in [5.74, 6) is 0.747. The molecule has 6 heteroatoms. The van der Waals surface area contributed by atoms with Gasteiger partial charge in [0.2, 0.25) is 5.91 Å². The summed E-state index contributed by atoms with van der Waals surface area (Å²) in [6.07, 6.45) is 2.87. The van der Waals surface area contributed by atoms with Crippen molar-refractivity contribution in [3.05, 3.63) is 106 Å². The van der Waals surface area contributed by atoms with Crippen molar-refractivity contribution in [2.45, 2.75) is 23.6 Å². The van der Waals surface area contributed by atoms with Gasteiger partial charge in [-0.15, -0.1) is 23.1 Å². The van der Waals surface area contributed by atoms with Crippen molar-refractivity contribution in [1.29, 1.82) is 0 Å². The predicted molar refractivity (Wildman–Crippen MR) is 124 cm³/mol. The lowest BCUT2D eigenvalue weighted by Gasteiger charge is -2.07. The van der Waals surface area contributed by atoms with Crippen molar-refractivity contribution in [2.24, 2.45) is 0 Å². The number of aromatic nitrogens is 2. The number of thiazole rings is 1. The van der Waals surface area contributed by atoms with Crippen molar-refractivity contribution in [3.8, 4) is 0 Å². The van der Waals surface area contributed by atoms with Crippen molar-refractivity contribution in [3.63, 3.8) is 0 Å². The van der Waals surface area contributed by atoms with E-state index in [1.165, 1.54) is 5.56 Å². The first-order valence-electron chi connectivity index (χ1n) is 9.64. The quantitative estimate of drug-likeness (QED) is 0.369. The Labute approximate surface area is 184 Å². The maximum atomic E-state index is 12.5. The Hall–Kier alpha value is -2.96. The van der Waals surface area contributed by atoms with Gasteiger partial charge < -0.3 is 5.32 Å². The summed E-state index contributed by atoms with van der Waals surface area (Å²) in [6, 6.07) is 24.1. The Kier molecular flexibility index (Phi) is 6.90. The second-order valence-electron chi connectivity index (χ2n) is 6.78. The lowest BCUT2D eigenvalue weighted by molar-refractivity contribution is -0.115. The summed E-state index contributed by atoms with van der Waals surface area (Å²) in [6.45, 7) is 0. The zero-order chi connectivity index (χ0) is 20.6. The second-order valence-corrected chi connectivity index (χ2v) is 8.72. The number of rotatable bonds is 8. The fourth-order valence-electron chi connectivity index (χ4n) is 2.98. The van der Waals surface area contributed by atoms with Crippen LogP contribution in [0, 0.1) is 0 Å². The van der Waals surface area contributed by atoms with E-state index < -0.39 is 0 Å². The number of hydrogen-bond acceptors (Lipinski definition) is 5. The molecule has 0 atom stereocenters. The first-order valence-corrected chi connectivity index (χ1v) is 11.5. The van der Waals surface area contributed by atoms with Crippen LogP contribution in [-0.2, 0) is 23.4 Å². The normalized spacial score (nSPS) is 10.7. The van der Waals surface area contributed by atoms with E-state index >= 15 is 0 Å². The number of benzene rings is 2. The van der Waals surface area contributed by atoms with Gasteiger partial charge in [0.05, 0.1) is 22.1 Å². The Morgan fingerprint density at radius 2 is 1.80 bits per heavy atom. The van der Waals surface area contributed by atoms with E-state index in [4.69, 9.17) is 0 Å². The SMILES string of the molecule is O=C(Cc1csc(Cc2ccccc2)n1)Nc1cccc(CSc2ccccn2)c1. The molecule has 0 aliphatic carbocycles. The highest BCUT2D eigenvalue weighted by Crippen LogP contribution is 2.22. The van der Waals surface area contributed by atoms with Gasteiger partial charge in [0.15, 0.2) is 0 Å². The Morgan fingerprint density at radius 3 is 2.63 bits per heavy atom. The third-order valence-corrected chi connectivity index (χ3v) is 6.29. The van der Waals surface area contributed by atoms with Crippen LogP contribution in [-0.4, -0.2) is 15.9 Å². The number of hydrogen-bond donors (Lipinski definition) is 1. The van der Waals surface area contributed by atoms with E-state index in [1.807, 2.05) is 60.0 Å². The number of amides is 1. The van der Waals surface area contributed by atoms with Crippen LogP contribution in [0.3, 0.4) is 0 Å². The van der Waals surface area contributed by atoms with Crippen molar-refractivity contribution in [1.82, 2.24) is 9.97 Å². The van der Waals surface area contributed by atoms with Gasteiger partial charge >= 0.3 is 0 Å². The number of nitrogens with zero attached hydrogens (tertiary/aromatic N) is 2. The van der Waals surface area contributed by atoms with E-state index in [1.54, 1.807) is 29.3 Å². The highest BCUT2D eigenvalue weighted by molar-refractivity contribution is 7.98. The van der Waals surface area contributed by atoms with Crippen LogP contribution in [0.4, 0.5) is 5.69 Å². The summed E-state index contributed by atoms with van der Waals surface area (Å²) in [7, 11) is 0. The van der Waals surface area contributed by atoms with Gasteiger partial charge in [-0.25, -0.2) is 9.97 Å². The molecule has 0 aliphatic heterocycles. The van der Waals surface area contributed by atoms with Gasteiger partial charge in [0, 0.05) is 29.4 Å². The minimum absolute atomic E-state index is 0.0545. The minimum Gasteiger partial charge on any atom is -0.326 e. The molecule has 150 valence electrons. The van der Waals surface area contributed by atoms with Gasteiger partial charge in [0.25, 0.3) is 0 Å². The first-order chi connectivity index (χ1) is 14.7. The Balaban J connectivity index is 1.31. The molecule has 4 nitrogen and oxygen atoms in total. The Morgan fingerprint density at radius 1 is 0.967 bits per heavy atom. The highest BCUT2D eigenvalue weighted by atomic mass is 32.2. The molecule has 2 heterocycles. The zero-order valence-corrected chi connectivity index (χ0v) is 18.0. The molecule has 0 fully saturated rings. The maximum absolute atomic E-state index is 12.5. The third-order valence-electron chi connectivity index (χ3n) is 4.37. The molecule has 1 amide bonds. The lowest BCUT2D eigenvalue weighted by Crippen LogP contribution is -2.14. The topological polar surface area (TPSA) is 54.9 Å². The van der Waals surface area contributed by atoms with Crippen LogP contribution in [0.1, 0.15) is 21.8 Å². The van der Waals surface area contributed by atoms with Gasteiger partial charge in [0.1, 0.15) is 0 Å². The van der Waals surface area contributed by atoms with E-state index in [0.717, 1.165) is 39.2 Å². The van der Waals surface area contributed by atoms with E-state index in [9.17, 15) is 4.79 Å². The largest absolute Gasteiger partial charge is 0.326 e. The monoisotopic (exact) mass is 431 g/mol. The molecule has 2 aromatic carbocycles. The number of pyridine rings is 1. The average Bonchev–Trinajstić information content (AvgIpc) is 3.20. The second kappa shape index (κ2) is 10.2. The molecule has 0 bridgehead atoms. The maximum Gasteiger partial charge on any atom is 0.230 e. The molecule has 0 radical (unpaired) electrons. The summed E-state index contributed by atoms with van der Waals surface area (Å²) in [5, 5.41) is 6.97. The van der Waals surface area contributed by atoms with Crippen LogP contribution in [0.15, 0.2) is 89.4 Å². The molecule has 0 unspecified atom stereocenters. The number of thioether (sulfide) groups is 1.